The number of rotatable bonds is 5. The lowest BCUT2D eigenvalue weighted by molar-refractivity contribution is -0.148. The summed E-state index contributed by atoms with van der Waals surface area (Å²) in [5.41, 5.74) is 1.70. The number of carbonyl (C=O) groups excluding carboxylic acids is 2. The summed E-state index contributed by atoms with van der Waals surface area (Å²) in [5.74, 6) is 1.45. The Morgan fingerprint density at radius 1 is 1.30 bits per heavy atom. The van der Waals surface area contributed by atoms with Crippen molar-refractivity contribution in [1.29, 1.82) is 0 Å². The van der Waals surface area contributed by atoms with Gasteiger partial charge in [0.05, 0.1) is 0 Å². The van der Waals surface area contributed by atoms with Crippen LogP contribution in [0.5, 0.6) is 0 Å². The molecule has 0 spiro atoms. The van der Waals surface area contributed by atoms with Gasteiger partial charge in [-0.15, -0.1) is 0 Å². The summed E-state index contributed by atoms with van der Waals surface area (Å²) in [6.07, 6.45) is 5.48. The average Bonchev–Trinajstić information content (AvgIpc) is 3.11. The van der Waals surface area contributed by atoms with Crippen LogP contribution in [0.1, 0.15) is 37.7 Å². The highest BCUT2D eigenvalue weighted by molar-refractivity contribution is 9.10. The molecule has 124 valence electrons. The molecule has 2 bridgehead atoms. The number of carbonyl (C=O) groups is 2. The van der Waals surface area contributed by atoms with Crippen LogP contribution in [0.15, 0.2) is 22.7 Å². The van der Waals surface area contributed by atoms with Gasteiger partial charge in [0.15, 0.2) is 6.61 Å². The number of nitrogens with one attached hydrogen (secondary N) is 1. The van der Waals surface area contributed by atoms with Crippen LogP contribution in [0.25, 0.3) is 0 Å². The predicted octanol–water partition coefficient (Wildman–Crippen LogP) is 4.07. The van der Waals surface area contributed by atoms with Crippen LogP contribution >= 0.6 is 15.9 Å². The summed E-state index contributed by atoms with van der Waals surface area (Å²) in [5, 5.41) is 2.78. The van der Waals surface area contributed by atoms with Gasteiger partial charge in [0, 0.05) is 16.6 Å². The first-order chi connectivity index (χ1) is 11.0. The minimum absolute atomic E-state index is 0.213. The normalized spacial score (nSPS) is 25.4. The Kier molecular flexibility index (Phi) is 5.05. The molecule has 3 atom stereocenters. The minimum atomic E-state index is -0.295. The van der Waals surface area contributed by atoms with Crippen LogP contribution in [0, 0.1) is 24.7 Å². The van der Waals surface area contributed by atoms with Crippen molar-refractivity contribution in [3.8, 4) is 0 Å². The molecule has 1 N–H and O–H groups in total. The molecule has 0 unspecified atom stereocenters. The first-order valence-corrected chi connectivity index (χ1v) is 9.02. The van der Waals surface area contributed by atoms with Crippen molar-refractivity contribution in [3.63, 3.8) is 0 Å². The van der Waals surface area contributed by atoms with Crippen molar-refractivity contribution in [2.24, 2.45) is 17.8 Å². The second kappa shape index (κ2) is 7.04. The van der Waals surface area contributed by atoms with E-state index in [0.29, 0.717) is 18.3 Å². The quantitative estimate of drug-likeness (QED) is 0.784. The summed E-state index contributed by atoms with van der Waals surface area (Å²) in [6, 6.07) is 5.62. The zero-order chi connectivity index (χ0) is 16.4. The largest absolute Gasteiger partial charge is 0.456 e. The zero-order valence-corrected chi connectivity index (χ0v) is 14.9. The van der Waals surface area contributed by atoms with E-state index in [1.165, 1.54) is 19.3 Å². The van der Waals surface area contributed by atoms with Gasteiger partial charge >= 0.3 is 5.97 Å². The maximum absolute atomic E-state index is 11.9. The molecule has 0 saturated heterocycles. The molecular weight excluding hydrogens is 358 g/mol. The van der Waals surface area contributed by atoms with E-state index in [0.717, 1.165) is 28.1 Å². The Bertz CT molecular complexity index is 616. The van der Waals surface area contributed by atoms with Crippen LogP contribution in [0.4, 0.5) is 5.69 Å². The molecule has 2 fully saturated rings. The molecule has 1 amide bonds. The van der Waals surface area contributed by atoms with Crippen molar-refractivity contribution in [2.45, 2.75) is 39.0 Å². The number of anilines is 1. The number of aryl methyl sites for hydroxylation is 1. The molecule has 0 heterocycles. The Morgan fingerprint density at radius 3 is 2.78 bits per heavy atom. The number of fused-ring (bicyclic) bond motifs is 2. The van der Waals surface area contributed by atoms with Crippen LogP contribution in [-0.2, 0) is 14.3 Å². The van der Waals surface area contributed by atoms with E-state index < -0.39 is 0 Å². The monoisotopic (exact) mass is 379 g/mol. The summed E-state index contributed by atoms with van der Waals surface area (Å²) in [6.45, 7) is 1.71. The van der Waals surface area contributed by atoms with Crippen LogP contribution in [0.3, 0.4) is 0 Å². The molecule has 0 aliphatic heterocycles. The van der Waals surface area contributed by atoms with Crippen molar-refractivity contribution >= 4 is 33.5 Å². The summed E-state index contributed by atoms with van der Waals surface area (Å²) in [4.78, 5) is 23.9. The van der Waals surface area contributed by atoms with Crippen molar-refractivity contribution in [1.82, 2.24) is 0 Å². The topological polar surface area (TPSA) is 55.4 Å². The first kappa shape index (κ1) is 16.5. The van der Waals surface area contributed by atoms with Gasteiger partial charge in [-0.05, 0) is 67.7 Å². The third kappa shape index (κ3) is 4.14. The number of esters is 1. The van der Waals surface area contributed by atoms with E-state index in [1.807, 2.05) is 25.1 Å². The highest BCUT2D eigenvalue weighted by Gasteiger charge is 2.40. The van der Waals surface area contributed by atoms with E-state index in [-0.39, 0.29) is 18.5 Å². The van der Waals surface area contributed by atoms with Gasteiger partial charge in [0.25, 0.3) is 5.91 Å². The lowest BCUT2D eigenvalue weighted by atomic mass is 9.86. The molecule has 4 nitrogen and oxygen atoms in total. The SMILES string of the molecule is Cc1cc(Br)ccc1NC(=O)COC(=O)C[C@H]1C[C@@H]2CC[C@@H]1C2. The molecule has 1 aromatic rings. The summed E-state index contributed by atoms with van der Waals surface area (Å²) in [7, 11) is 0. The Hall–Kier alpha value is -1.36. The van der Waals surface area contributed by atoms with Crippen LogP contribution in [0.2, 0.25) is 0 Å². The number of hydrogen-bond donors (Lipinski definition) is 1. The summed E-state index contributed by atoms with van der Waals surface area (Å²) < 4.78 is 6.11. The highest BCUT2D eigenvalue weighted by atomic mass is 79.9. The molecule has 2 aliphatic rings. The third-order valence-corrected chi connectivity index (χ3v) is 5.63. The van der Waals surface area contributed by atoms with Crippen LogP contribution < -0.4 is 5.32 Å². The molecule has 3 rings (SSSR count). The fraction of sp³-hybridized carbons (Fsp3) is 0.556. The van der Waals surface area contributed by atoms with Gasteiger partial charge in [0.2, 0.25) is 0 Å². The maximum Gasteiger partial charge on any atom is 0.306 e. The van der Waals surface area contributed by atoms with E-state index >= 15 is 0 Å². The Morgan fingerprint density at radius 2 is 2.13 bits per heavy atom. The molecule has 0 aromatic heterocycles. The molecule has 2 saturated carbocycles. The molecule has 1 aromatic carbocycles. The fourth-order valence-electron chi connectivity index (χ4n) is 4.00. The smallest absolute Gasteiger partial charge is 0.306 e. The lowest BCUT2D eigenvalue weighted by Crippen LogP contribution is -2.23. The van der Waals surface area contributed by atoms with Gasteiger partial charge in [0.1, 0.15) is 0 Å². The molecule has 5 heteroatoms. The van der Waals surface area contributed by atoms with E-state index in [9.17, 15) is 9.59 Å². The average molecular weight is 380 g/mol. The third-order valence-electron chi connectivity index (χ3n) is 5.14. The van der Waals surface area contributed by atoms with Gasteiger partial charge in [-0.3, -0.25) is 9.59 Å². The standard InChI is InChI=1S/C18H22BrNO3/c1-11-6-15(19)4-5-16(11)20-17(21)10-23-18(22)9-14-8-12-2-3-13(14)7-12/h4-6,12-14H,2-3,7-10H2,1H3,(H,20,21)/t12-,13-,14-/m1/s1. The van der Waals surface area contributed by atoms with Gasteiger partial charge in [-0.2, -0.15) is 0 Å². The first-order valence-electron chi connectivity index (χ1n) is 8.23. The second-order valence-electron chi connectivity index (χ2n) is 6.81. The molecule has 0 radical (unpaired) electrons. The minimum Gasteiger partial charge on any atom is -0.456 e. The summed E-state index contributed by atoms with van der Waals surface area (Å²) >= 11 is 3.39. The zero-order valence-electron chi connectivity index (χ0n) is 13.3. The predicted molar refractivity (Wildman–Crippen MR) is 92.0 cm³/mol. The van der Waals surface area contributed by atoms with E-state index in [1.54, 1.807) is 0 Å². The number of hydrogen-bond acceptors (Lipinski definition) is 3. The Balaban J connectivity index is 1.42. The van der Waals surface area contributed by atoms with Crippen LogP contribution in [-0.4, -0.2) is 18.5 Å². The second-order valence-corrected chi connectivity index (χ2v) is 7.72. The van der Waals surface area contributed by atoms with E-state index in [2.05, 4.69) is 21.2 Å². The fourth-order valence-corrected chi connectivity index (χ4v) is 4.47. The van der Waals surface area contributed by atoms with E-state index in [4.69, 9.17) is 4.74 Å². The number of benzene rings is 1. The number of amides is 1. The maximum atomic E-state index is 11.9. The highest BCUT2D eigenvalue weighted by Crippen LogP contribution is 2.49. The number of halogens is 1. The number of ether oxygens (including phenoxy) is 1. The lowest BCUT2D eigenvalue weighted by Gasteiger charge is -2.20. The van der Waals surface area contributed by atoms with Gasteiger partial charge < -0.3 is 10.1 Å². The van der Waals surface area contributed by atoms with Crippen molar-refractivity contribution < 1.29 is 14.3 Å². The van der Waals surface area contributed by atoms with Gasteiger partial charge in [-0.1, -0.05) is 22.4 Å². The Labute approximate surface area is 145 Å². The molecular formula is C18H22BrNO3. The molecule has 23 heavy (non-hydrogen) atoms. The van der Waals surface area contributed by atoms with Gasteiger partial charge in [-0.25, -0.2) is 0 Å². The van der Waals surface area contributed by atoms with Crippen molar-refractivity contribution in [3.05, 3.63) is 28.2 Å². The van der Waals surface area contributed by atoms with Crippen molar-refractivity contribution in [2.75, 3.05) is 11.9 Å². The molecule has 2 aliphatic carbocycles.